The first-order valence-corrected chi connectivity index (χ1v) is 8.20. The molecule has 4 rings (SSSR count). The van der Waals surface area contributed by atoms with E-state index in [0.29, 0.717) is 5.82 Å². The van der Waals surface area contributed by atoms with Crippen molar-refractivity contribution in [3.8, 4) is 11.3 Å². The van der Waals surface area contributed by atoms with E-state index in [1.54, 1.807) is 0 Å². The lowest BCUT2D eigenvalue weighted by atomic mass is 10.2. The second kappa shape index (κ2) is 6.02. The van der Waals surface area contributed by atoms with Crippen molar-refractivity contribution in [3.05, 3.63) is 71.6 Å². The van der Waals surface area contributed by atoms with Gasteiger partial charge in [-0.15, -0.1) is 5.10 Å². The van der Waals surface area contributed by atoms with Gasteiger partial charge in [-0.05, 0) is 37.1 Å². The van der Waals surface area contributed by atoms with Gasteiger partial charge in [0.1, 0.15) is 5.82 Å². The molecule has 0 bridgehead atoms. The lowest BCUT2D eigenvalue weighted by molar-refractivity contribution is 0.897. The van der Waals surface area contributed by atoms with Crippen LogP contribution in [0.4, 0.5) is 0 Å². The molecule has 0 N–H and O–H groups in total. The van der Waals surface area contributed by atoms with Gasteiger partial charge < -0.3 is 4.57 Å². The third-order valence-corrected chi connectivity index (χ3v) is 4.13. The second-order valence-electron chi connectivity index (χ2n) is 6.23. The normalized spacial score (nSPS) is 11.6. The molecular weight excluding hydrogens is 310 g/mol. The van der Waals surface area contributed by atoms with Crippen molar-refractivity contribution in [3.63, 3.8) is 0 Å². The van der Waals surface area contributed by atoms with Crippen LogP contribution in [0.15, 0.2) is 48.8 Å². The highest BCUT2D eigenvalue weighted by molar-refractivity contribution is 5.67. The molecule has 0 saturated heterocycles. The number of hydrogen-bond donors (Lipinski definition) is 0. The van der Waals surface area contributed by atoms with E-state index in [2.05, 4.69) is 42.1 Å². The van der Waals surface area contributed by atoms with Crippen LogP contribution in [0.3, 0.4) is 0 Å². The van der Waals surface area contributed by atoms with Crippen LogP contribution in [-0.2, 0) is 7.05 Å². The van der Waals surface area contributed by atoms with E-state index in [0.717, 1.165) is 28.3 Å². The predicted molar refractivity (Wildman–Crippen MR) is 100 cm³/mol. The molecule has 5 heteroatoms. The monoisotopic (exact) mass is 329 g/mol. The molecule has 5 nitrogen and oxygen atoms in total. The number of fused-ring (bicyclic) bond motifs is 1. The Kier molecular flexibility index (Phi) is 3.69. The fourth-order valence-electron chi connectivity index (χ4n) is 2.94. The van der Waals surface area contributed by atoms with Crippen LogP contribution in [0.2, 0.25) is 0 Å². The summed E-state index contributed by atoms with van der Waals surface area (Å²) in [4.78, 5) is 9.29. The summed E-state index contributed by atoms with van der Waals surface area (Å²) < 4.78 is 3.84. The Hall–Kier alpha value is -3.21. The van der Waals surface area contributed by atoms with Crippen molar-refractivity contribution in [2.75, 3.05) is 0 Å². The lowest BCUT2D eigenvalue weighted by Gasteiger charge is -1.97. The van der Waals surface area contributed by atoms with Gasteiger partial charge >= 0.3 is 0 Å². The highest BCUT2D eigenvalue weighted by Gasteiger charge is 2.07. The topological polar surface area (TPSA) is 48.0 Å². The molecule has 0 amide bonds. The quantitative estimate of drug-likeness (QED) is 0.572. The number of hydrogen-bond acceptors (Lipinski definition) is 3. The Bertz CT molecular complexity index is 1070. The van der Waals surface area contributed by atoms with Crippen LogP contribution in [0.25, 0.3) is 29.1 Å². The minimum atomic E-state index is 0.679. The van der Waals surface area contributed by atoms with Crippen LogP contribution < -0.4 is 0 Å². The van der Waals surface area contributed by atoms with Crippen LogP contribution in [-0.4, -0.2) is 24.1 Å². The third kappa shape index (κ3) is 2.96. The molecule has 124 valence electrons. The summed E-state index contributed by atoms with van der Waals surface area (Å²) in [6.07, 6.45) is 7.86. The number of benzene rings is 1. The fraction of sp³-hybridized carbons (Fsp3) is 0.150. The summed E-state index contributed by atoms with van der Waals surface area (Å²) in [7, 11) is 1.99. The van der Waals surface area contributed by atoms with E-state index in [-0.39, 0.29) is 0 Å². The maximum absolute atomic E-state index is 4.69. The van der Waals surface area contributed by atoms with Crippen molar-refractivity contribution >= 4 is 17.8 Å². The Morgan fingerprint density at radius 2 is 1.76 bits per heavy atom. The summed E-state index contributed by atoms with van der Waals surface area (Å²) in [5, 5.41) is 4.53. The van der Waals surface area contributed by atoms with Gasteiger partial charge in [0.15, 0.2) is 11.5 Å². The number of nitrogens with zero attached hydrogens (tertiary/aromatic N) is 5. The van der Waals surface area contributed by atoms with Gasteiger partial charge in [-0.1, -0.05) is 36.4 Å². The average molecular weight is 329 g/mol. The molecule has 0 aliphatic heterocycles. The summed E-state index contributed by atoms with van der Waals surface area (Å²) in [6.45, 7) is 4.11. The van der Waals surface area contributed by atoms with Gasteiger partial charge in [0.05, 0.1) is 5.69 Å². The Morgan fingerprint density at radius 3 is 2.56 bits per heavy atom. The van der Waals surface area contributed by atoms with Gasteiger partial charge in [0.25, 0.3) is 0 Å². The summed E-state index contributed by atoms with van der Waals surface area (Å²) in [5.74, 6) is 1.54. The van der Waals surface area contributed by atoms with Crippen LogP contribution in [0.5, 0.6) is 0 Å². The first-order valence-electron chi connectivity index (χ1n) is 8.20. The van der Waals surface area contributed by atoms with E-state index >= 15 is 0 Å². The van der Waals surface area contributed by atoms with E-state index in [1.807, 2.05) is 58.9 Å². The Balaban J connectivity index is 1.66. The molecule has 25 heavy (non-hydrogen) atoms. The van der Waals surface area contributed by atoms with Crippen LogP contribution in [0, 0.1) is 13.8 Å². The SMILES string of the molecule is Cc1cc(C)c2nc(C=Cc3nc(-c4ccccc4)cn3C)nn2c1. The number of aryl methyl sites for hydroxylation is 3. The minimum absolute atomic E-state index is 0.679. The Morgan fingerprint density at radius 1 is 0.960 bits per heavy atom. The van der Waals surface area contributed by atoms with Crippen molar-refractivity contribution in [2.45, 2.75) is 13.8 Å². The molecule has 4 aromatic rings. The van der Waals surface area contributed by atoms with E-state index in [1.165, 1.54) is 5.56 Å². The molecular formula is C20H19N5. The standard InChI is InChI=1S/C20H19N5/c1-14-11-15(2)20-22-18(23-25(20)12-14)9-10-19-21-17(13-24(19)3)16-7-5-4-6-8-16/h4-13H,1-3H3. The molecule has 0 spiro atoms. The summed E-state index contributed by atoms with van der Waals surface area (Å²) in [6, 6.07) is 12.3. The van der Waals surface area contributed by atoms with Gasteiger partial charge in [-0.3, -0.25) is 0 Å². The summed E-state index contributed by atoms with van der Waals surface area (Å²) >= 11 is 0. The first-order chi connectivity index (χ1) is 12.1. The van der Waals surface area contributed by atoms with E-state index in [4.69, 9.17) is 4.98 Å². The molecule has 3 aromatic heterocycles. The van der Waals surface area contributed by atoms with Crippen molar-refractivity contribution in [1.29, 1.82) is 0 Å². The molecule has 1 aromatic carbocycles. The zero-order valence-electron chi connectivity index (χ0n) is 14.5. The molecule has 0 atom stereocenters. The first kappa shape index (κ1) is 15.3. The maximum atomic E-state index is 4.69. The van der Waals surface area contributed by atoms with Crippen molar-refractivity contribution in [1.82, 2.24) is 24.1 Å². The number of pyridine rings is 1. The smallest absolute Gasteiger partial charge is 0.175 e. The average Bonchev–Trinajstić information content (AvgIpc) is 3.17. The second-order valence-corrected chi connectivity index (χ2v) is 6.23. The molecule has 0 radical (unpaired) electrons. The minimum Gasteiger partial charge on any atom is -0.334 e. The zero-order chi connectivity index (χ0) is 17.4. The van der Waals surface area contributed by atoms with E-state index < -0.39 is 0 Å². The van der Waals surface area contributed by atoms with Gasteiger partial charge in [0, 0.05) is 25.0 Å². The highest BCUT2D eigenvalue weighted by atomic mass is 15.3. The highest BCUT2D eigenvalue weighted by Crippen LogP contribution is 2.19. The van der Waals surface area contributed by atoms with Gasteiger partial charge in [-0.25, -0.2) is 14.5 Å². The van der Waals surface area contributed by atoms with Crippen LogP contribution >= 0.6 is 0 Å². The number of imidazole rings is 1. The molecule has 0 saturated carbocycles. The maximum Gasteiger partial charge on any atom is 0.175 e. The molecule has 0 unspecified atom stereocenters. The van der Waals surface area contributed by atoms with Crippen molar-refractivity contribution in [2.24, 2.45) is 7.05 Å². The Labute approximate surface area is 146 Å². The molecule has 0 aliphatic rings. The number of aromatic nitrogens is 5. The molecule has 0 fully saturated rings. The fourth-order valence-corrected chi connectivity index (χ4v) is 2.94. The summed E-state index contributed by atoms with van der Waals surface area (Å²) in [5.41, 5.74) is 5.24. The zero-order valence-corrected chi connectivity index (χ0v) is 14.5. The largest absolute Gasteiger partial charge is 0.334 e. The predicted octanol–water partition coefficient (Wildman–Crippen LogP) is 3.92. The van der Waals surface area contributed by atoms with Crippen LogP contribution in [0.1, 0.15) is 22.8 Å². The van der Waals surface area contributed by atoms with E-state index in [9.17, 15) is 0 Å². The third-order valence-electron chi connectivity index (χ3n) is 4.13. The van der Waals surface area contributed by atoms with Crippen molar-refractivity contribution < 1.29 is 0 Å². The number of rotatable bonds is 3. The van der Waals surface area contributed by atoms with Gasteiger partial charge in [0.2, 0.25) is 0 Å². The molecule has 0 aliphatic carbocycles. The lowest BCUT2D eigenvalue weighted by Crippen LogP contribution is -1.91. The van der Waals surface area contributed by atoms with Gasteiger partial charge in [-0.2, -0.15) is 0 Å². The molecule has 3 heterocycles.